The first-order valence-corrected chi connectivity index (χ1v) is 6.21. The fraction of sp³-hybridized carbons (Fsp3) is 0.429. The van der Waals surface area contributed by atoms with Crippen molar-refractivity contribution in [2.45, 2.75) is 32.2 Å². The second-order valence-corrected chi connectivity index (χ2v) is 4.48. The van der Waals surface area contributed by atoms with Gasteiger partial charge in [-0.1, -0.05) is 29.8 Å². The molecule has 0 aromatic heterocycles. The lowest BCUT2D eigenvalue weighted by atomic mass is 10.0. The summed E-state index contributed by atoms with van der Waals surface area (Å²) in [6.07, 6.45) is 0.720. The SMILES string of the molecule is Cc1ccc(CC(NC(=O)CCCO)C(=O)O)cc1. The number of aliphatic carboxylic acids is 1. The van der Waals surface area contributed by atoms with Crippen LogP contribution in [0.3, 0.4) is 0 Å². The van der Waals surface area contributed by atoms with Gasteiger partial charge in [-0.3, -0.25) is 4.79 Å². The summed E-state index contributed by atoms with van der Waals surface area (Å²) < 4.78 is 0. The van der Waals surface area contributed by atoms with E-state index in [0.29, 0.717) is 6.42 Å². The van der Waals surface area contributed by atoms with Gasteiger partial charge >= 0.3 is 5.97 Å². The number of carboxylic acid groups (broad SMARTS) is 1. The number of aliphatic hydroxyl groups is 1. The number of carboxylic acids is 1. The number of hydrogen-bond acceptors (Lipinski definition) is 3. The maximum Gasteiger partial charge on any atom is 0.326 e. The minimum atomic E-state index is -1.06. The van der Waals surface area contributed by atoms with Crippen LogP contribution >= 0.6 is 0 Å². The van der Waals surface area contributed by atoms with Gasteiger partial charge in [0.05, 0.1) is 0 Å². The van der Waals surface area contributed by atoms with Crippen LogP contribution in [0.1, 0.15) is 24.0 Å². The first-order chi connectivity index (χ1) is 9.02. The molecule has 104 valence electrons. The number of rotatable bonds is 7. The summed E-state index contributed by atoms with van der Waals surface area (Å²) in [5.41, 5.74) is 1.96. The summed E-state index contributed by atoms with van der Waals surface area (Å²) in [4.78, 5) is 22.6. The monoisotopic (exact) mass is 265 g/mol. The van der Waals surface area contributed by atoms with E-state index in [1.54, 1.807) is 0 Å². The van der Waals surface area contributed by atoms with E-state index in [1.165, 1.54) is 0 Å². The Morgan fingerprint density at radius 3 is 2.42 bits per heavy atom. The standard InChI is InChI=1S/C14H19NO4/c1-10-4-6-11(7-5-10)9-12(14(18)19)15-13(17)3-2-8-16/h4-7,12,16H,2-3,8-9H2,1H3,(H,15,17)(H,18,19). The first-order valence-electron chi connectivity index (χ1n) is 6.21. The highest BCUT2D eigenvalue weighted by Gasteiger charge is 2.19. The molecule has 1 amide bonds. The van der Waals surface area contributed by atoms with Gasteiger partial charge in [-0.2, -0.15) is 0 Å². The molecule has 1 rings (SSSR count). The predicted molar refractivity (Wildman–Crippen MR) is 70.8 cm³/mol. The molecule has 5 nitrogen and oxygen atoms in total. The van der Waals surface area contributed by atoms with E-state index < -0.39 is 12.0 Å². The van der Waals surface area contributed by atoms with E-state index in [4.69, 9.17) is 10.2 Å². The fourth-order valence-electron chi connectivity index (χ4n) is 1.67. The van der Waals surface area contributed by atoms with Gasteiger partial charge in [0.25, 0.3) is 0 Å². The molecule has 0 radical (unpaired) electrons. The average Bonchev–Trinajstić information content (AvgIpc) is 2.38. The Kier molecular flexibility index (Phi) is 6.02. The molecule has 1 aromatic rings. The van der Waals surface area contributed by atoms with Gasteiger partial charge in [-0.25, -0.2) is 4.79 Å². The highest BCUT2D eigenvalue weighted by Crippen LogP contribution is 2.07. The zero-order valence-electron chi connectivity index (χ0n) is 10.9. The van der Waals surface area contributed by atoms with Gasteiger partial charge in [0, 0.05) is 19.4 Å². The summed E-state index contributed by atoms with van der Waals surface area (Å²) in [5.74, 6) is -1.41. The lowest BCUT2D eigenvalue weighted by Crippen LogP contribution is -2.42. The summed E-state index contributed by atoms with van der Waals surface area (Å²) in [6, 6.07) is 6.58. The van der Waals surface area contributed by atoms with Gasteiger partial charge in [-0.05, 0) is 18.9 Å². The van der Waals surface area contributed by atoms with E-state index >= 15 is 0 Å². The Balaban J connectivity index is 2.60. The molecule has 0 fully saturated rings. The Bertz CT molecular complexity index is 428. The molecule has 1 atom stereocenters. The van der Waals surface area contributed by atoms with Crippen LogP contribution in [-0.2, 0) is 16.0 Å². The van der Waals surface area contributed by atoms with Crippen molar-refractivity contribution in [1.29, 1.82) is 0 Å². The number of amides is 1. The van der Waals surface area contributed by atoms with Gasteiger partial charge in [0.15, 0.2) is 0 Å². The van der Waals surface area contributed by atoms with Crippen molar-refractivity contribution in [3.8, 4) is 0 Å². The summed E-state index contributed by atoms with van der Waals surface area (Å²) in [7, 11) is 0. The lowest BCUT2D eigenvalue weighted by Gasteiger charge is -2.14. The van der Waals surface area contributed by atoms with E-state index in [9.17, 15) is 9.59 Å². The van der Waals surface area contributed by atoms with Crippen LogP contribution in [0.2, 0.25) is 0 Å². The quantitative estimate of drug-likeness (QED) is 0.683. The second-order valence-electron chi connectivity index (χ2n) is 4.48. The molecule has 0 heterocycles. The smallest absolute Gasteiger partial charge is 0.326 e. The Hall–Kier alpha value is -1.88. The van der Waals surface area contributed by atoms with E-state index in [-0.39, 0.29) is 25.4 Å². The van der Waals surface area contributed by atoms with Gasteiger partial charge in [0.2, 0.25) is 5.91 Å². The zero-order chi connectivity index (χ0) is 14.3. The number of carbonyl (C=O) groups excluding carboxylic acids is 1. The summed E-state index contributed by atoms with van der Waals surface area (Å²) >= 11 is 0. The highest BCUT2D eigenvalue weighted by atomic mass is 16.4. The van der Waals surface area contributed by atoms with Crippen LogP contribution in [0.25, 0.3) is 0 Å². The van der Waals surface area contributed by atoms with Crippen LogP contribution in [-0.4, -0.2) is 34.7 Å². The molecule has 0 aliphatic carbocycles. The molecule has 0 saturated carbocycles. The number of nitrogens with one attached hydrogen (secondary N) is 1. The van der Waals surface area contributed by atoms with Crippen molar-refractivity contribution in [1.82, 2.24) is 5.32 Å². The molecular formula is C14H19NO4. The second kappa shape index (κ2) is 7.53. The van der Waals surface area contributed by atoms with Crippen molar-refractivity contribution >= 4 is 11.9 Å². The molecule has 0 spiro atoms. The third kappa shape index (κ3) is 5.52. The first kappa shape index (κ1) is 15.2. The van der Waals surface area contributed by atoms with Crippen molar-refractivity contribution in [3.63, 3.8) is 0 Å². The molecule has 0 aliphatic heterocycles. The van der Waals surface area contributed by atoms with E-state index in [1.807, 2.05) is 31.2 Å². The molecule has 0 saturated heterocycles. The molecule has 1 aromatic carbocycles. The molecule has 5 heteroatoms. The molecular weight excluding hydrogens is 246 g/mol. The third-order valence-corrected chi connectivity index (χ3v) is 2.76. The largest absolute Gasteiger partial charge is 0.480 e. The Morgan fingerprint density at radius 1 is 1.26 bits per heavy atom. The molecule has 19 heavy (non-hydrogen) atoms. The lowest BCUT2D eigenvalue weighted by molar-refractivity contribution is -0.141. The van der Waals surface area contributed by atoms with Crippen LogP contribution < -0.4 is 5.32 Å². The van der Waals surface area contributed by atoms with Crippen molar-refractivity contribution in [3.05, 3.63) is 35.4 Å². The maximum absolute atomic E-state index is 11.5. The third-order valence-electron chi connectivity index (χ3n) is 2.76. The number of hydrogen-bond donors (Lipinski definition) is 3. The van der Waals surface area contributed by atoms with Crippen molar-refractivity contribution in [2.24, 2.45) is 0 Å². The predicted octanol–water partition coefficient (Wildman–Crippen LogP) is 0.879. The molecule has 0 aliphatic rings. The van der Waals surface area contributed by atoms with Gasteiger partial charge in [0.1, 0.15) is 6.04 Å². The van der Waals surface area contributed by atoms with Gasteiger partial charge in [-0.15, -0.1) is 0 Å². The van der Waals surface area contributed by atoms with Crippen LogP contribution in [0.5, 0.6) is 0 Å². The van der Waals surface area contributed by atoms with Crippen molar-refractivity contribution < 1.29 is 19.8 Å². The number of benzene rings is 1. The van der Waals surface area contributed by atoms with Gasteiger partial charge < -0.3 is 15.5 Å². The zero-order valence-corrected chi connectivity index (χ0v) is 10.9. The average molecular weight is 265 g/mol. The normalized spacial score (nSPS) is 11.9. The molecule has 0 bridgehead atoms. The fourth-order valence-corrected chi connectivity index (χ4v) is 1.67. The van der Waals surface area contributed by atoms with Crippen LogP contribution in [0, 0.1) is 6.92 Å². The van der Waals surface area contributed by atoms with Crippen LogP contribution in [0.15, 0.2) is 24.3 Å². The van der Waals surface area contributed by atoms with E-state index in [0.717, 1.165) is 11.1 Å². The molecule has 3 N–H and O–H groups in total. The number of aliphatic hydroxyl groups excluding tert-OH is 1. The Labute approximate surface area is 112 Å². The summed E-state index contributed by atoms with van der Waals surface area (Å²) in [6.45, 7) is 1.87. The highest BCUT2D eigenvalue weighted by molar-refractivity contribution is 5.83. The number of aryl methyl sites for hydroxylation is 1. The van der Waals surface area contributed by atoms with E-state index in [2.05, 4.69) is 5.32 Å². The minimum absolute atomic E-state index is 0.0802. The Morgan fingerprint density at radius 2 is 1.89 bits per heavy atom. The molecule has 1 unspecified atom stereocenters. The minimum Gasteiger partial charge on any atom is -0.480 e. The maximum atomic E-state index is 11.5. The summed E-state index contributed by atoms with van der Waals surface area (Å²) in [5, 5.41) is 20.2. The van der Waals surface area contributed by atoms with Crippen molar-refractivity contribution in [2.75, 3.05) is 6.61 Å². The van der Waals surface area contributed by atoms with Crippen LogP contribution in [0.4, 0.5) is 0 Å². The topological polar surface area (TPSA) is 86.6 Å². The number of carbonyl (C=O) groups is 2.